The first-order chi connectivity index (χ1) is 11.6. The molecule has 1 saturated heterocycles. The van der Waals surface area contributed by atoms with Crippen molar-refractivity contribution in [3.8, 4) is 5.75 Å². The van der Waals surface area contributed by atoms with Gasteiger partial charge in [-0.1, -0.05) is 6.07 Å². The van der Waals surface area contributed by atoms with Crippen LogP contribution in [0.25, 0.3) is 0 Å². The van der Waals surface area contributed by atoms with Gasteiger partial charge in [-0.2, -0.15) is 0 Å². The van der Waals surface area contributed by atoms with Gasteiger partial charge in [-0.25, -0.2) is 17.9 Å². The molecule has 2 N–H and O–H groups in total. The fraction of sp³-hybridized carbons (Fsp3) is 0.500. The van der Waals surface area contributed by atoms with Gasteiger partial charge in [-0.15, -0.1) is 13.2 Å². The van der Waals surface area contributed by atoms with E-state index < -0.39 is 28.2 Å². The second-order valence-corrected chi connectivity index (χ2v) is 7.35. The Morgan fingerprint density at radius 2 is 1.96 bits per heavy atom. The molecule has 1 amide bonds. The highest BCUT2D eigenvalue weighted by atomic mass is 32.2. The first-order valence-corrected chi connectivity index (χ1v) is 8.88. The first kappa shape index (κ1) is 19.3. The van der Waals surface area contributed by atoms with E-state index in [0.29, 0.717) is 25.9 Å². The molecule has 0 saturated carbocycles. The number of piperidine rings is 1. The molecule has 1 aliphatic rings. The summed E-state index contributed by atoms with van der Waals surface area (Å²) in [5.41, 5.74) is 0. The topological polar surface area (TPSA) is 95.9 Å². The molecule has 1 heterocycles. The van der Waals surface area contributed by atoms with Crippen molar-refractivity contribution < 1.29 is 36.2 Å². The summed E-state index contributed by atoms with van der Waals surface area (Å²) >= 11 is 0. The van der Waals surface area contributed by atoms with Gasteiger partial charge in [0.1, 0.15) is 5.75 Å². The van der Waals surface area contributed by atoms with Gasteiger partial charge in [-0.05, 0) is 30.9 Å². The Balaban J connectivity index is 1.96. The maximum atomic E-state index is 12.2. The van der Waals surface area contributed by atoms with Gasteiger partial charge in [0.2, 0.25) is 10.0 Å². The normalized spacial score (nSPS) is 16.7. The highest BCUT2D eigenvalue weighted by Gasteiger charge is 2.31. The molecule has 2 rings (SSSR count). The maximum Gasteiger partial charge on any atom is 0.573 e. The zero-order valence-corrected chi connectivity index (χ0v) is 13.8. The van der Waals surface area contributed by atoms with E-state index in [2.05, 4.69) is 9.46 Å². The Morgan fingerprint density at radius 1 is 1.32 bits per heavy atom. The van der Waals surface area contributed by atoms with Crippen LogP contribution in [0.4, 0.5) is 18.0 Å². The van der Waals surface area contributed by atoms with E-state index in [9.17, 15) is 26.4 Å². The standard InChI is InChI=1S/C14H17F3N2O5S/c15-14(16,17)24-11-2-1-3-12(8-11)25(22,23)18-9-10-4-6-19(7-5-10)13(20)21/h1-3,8,10,18H,4-7,9H2,(H,20,21). The van der Waals surface area contributed by atoms with E-state index in [-0.39, 0.29) is 17.4 Å². The van der Waals surface area contributed by atoms with E-state index in [1.54, 1.807) is 0 Å². The number of carboxylic acid groups (broad SMARTS) is 1. The fourth-order valence-corrected chi connectivity index (χ4v) is 3.63. The predicted octanol–water partition coefficient (Wildman–Crippen LogP) is 2.25. The molecule has 1 fully saturated rings. The van der Waals surface area contributed by atoms with Crippen LogP contribution < -0.4 is 9.46 Å². The van der Waals surface area contributed by atoms with Crippen LogP contribution >= 0.6 is 0 Å². The number of hydrogen-bond acceptors (Lipinski definition) is 4. The van der Waals surface area contributed by atoms with Crippen LogP contribution in [-0.4, -0.2) is 50.5 Å². The molecule has 0 bridgehead atoms. The van der Waals surface area contributed by atoms with Crippen molar-refractivity contribution in [2.24, 2.45) is 5.92 Å². The Hall–Kier alpha value is -2.01. The minimum Gasteiger partial charge on any atom is -0.465 e. The van der Waals surface area contributed by atoms with Crippen molar-refractivity contribution >= 4 is 16.1 Å². The summed E-state index contributed by atoms with van der Waals surface area (Å²) in [6.45, 7) is 0.716. The van der Waals surface area contributed by atoms with Crippen LogP contribution in [0, 0.1) is 5.92 Å². The second kappa shape index (κ2) is 7.48. The van der Waals surface area contributed by atoms with Crippen molar-refractivity contribution in [2.45, 2.75) is 24.1 Å². The number of likely N-dealkylation sites (tertiary alicyclic amines) is 1. The number of halogens is 3. The SMILES string of the molecule is O=C(O)N1CCC(CNS(=O)(=O)c2cccc(OC(F)(F)F)c2)CC1. The summed E-state index contributed by atoms with van der Waals surface area (Å²) < 4.78 is 67.1. The summed E-state index contributed by atoms with van der Waals surface area (Å²) in [7, 11) is -3.99. The minimum absolute atomic E-state index is 0.0417. The number of nitrogens with one attached hydrogen (secondary N) is 1. The van der Waals surface area contributed by atoms with Gasteiger partial charge in [0.15, 0.2) is 0 Å². The van der Waals surface area contributed by atoms with Crippen LogP contribution in [-0.2, 0) is 10.0 Å². The molecule has 25 heavy (non-hydrogen) atoms. The Kier molecular flexibility index (Phi) is 5.78. The van der Waals surface area contributed by atoms with Crippen molar-refractivity contribution in [3.05, 3.63) is 24.3 Å². The monoisotopic (exact) mass is 382 g/mol. The average molecular weight is 382 g/mol. The van der Waals surface area contributed by atoms with Gasteiger partial charge in [0, 0.05) is 25.7 Å². The number of amides is 1. The highest BCUT2D eigenvalue weighted by Crippen LogP contribution is 2.25. The number of ether oxygens (including phenoxy) is 1. The van der Waals surface area contributed by atoms with Crippen LogP contribution in [0.3, 0.4) is 0 Å². The molecule has 0 unspecified atom stereocenters. The fourth-order valence-electron chi connectivity index (χ4n) is 2.48. The number of carbonyl (C=O) groups is 1. The summed E-state index contributed by atoms with van der Waals surface area (Å²) in [6, 6.07) is 4.12. The summed E-state index contributed by atoms with van der Waals surface area (Å²) in [5, 5.41) is 8.86. The van der Waals surface area contributed by atoms with E-state index in [4.69, 9.17) is 5.11 Å². The summed E-state index contributed by atoms with van der Waals surface area (Å²) in [6.07, 6.45) is -4.91. The zero-order valence-electron chi connectivity index (χ0n) is 13.0. The molecular weight excluding hydrogens is 365 g/mol. The van der Waals surface area contributed by atoms with Gasteiger partial charge in [-0.3, -0.25) is 0 Å². The van der Waals surface area contributed by atoms with Gasteiger partial charge >= 0.3 is 12.5 Å². The Labute approximate surface area is 142 Å². The van der Waals surface area contributed by atoms with Crippen molar-refractivity contribution in [1.29, 1.82) is 0 Å². The lowest BCUT2D eigenvalue weighted by atomic mass is 9.97. The molecule has 11 heteroatoms. The smallest absolute Gasteiger partial charge is 0.465 e. The Morgan fingerprint density at radius 3 is 2.52 bits per heavy atom. The largest absolute Gasteiger partial charge is 0.573 e. The number of alkyl halides is 3. The first-order valence-electron chi connectivity index (χ1n) is 7.40. The van der Waals surface area contributed by atoms with Crippen LogP contribution in [0.2, 0.25) is 0 Å². The maximum absolute atomic E-state index is 12.2. The van der Waals surface area contributed by atoms with Crippen molar-refractivity contribution in [3.63, 3.8) is 0 Å². The van der Waals surface area contributed by atoms with E-state index in [1.807, 2.05) is 0 Å². The number of rotatable bonds is 5. The lowest BCUT2D eigenvalue weighted by molar-refractivity contribution is -0.274. The third kappa shape index (κ3) is 5.78. The molecule has 0 aromatic heterocycles. The van der Waals surface area contributed by atoms with E-state index in [0.717, 1.165) is 18.2 Å². The molecule has 0 radical (unpaired) electrons. The number of nitrogens with zero attached hydrogens (tertiary/aromatic N) is 1. The molecule has 1 aromatic carbocycles. The third-order valence-electron chi connectivity index (χ3n) is 3.80. The highest BCUT2D eigenvalue weighted by molar-refractivity contribution is 7.89. The van der Waals surface area contributed by atoms with Crippen LogP contribution in [0.15, 0.2) is 29.2 Å². The molecule has 0 atom stereocenters. The minimum atomic E-state index is -4.91. The lowest BCUT2D eigenvalue weighted by Gasteiger charge is -2.29. The lowest BCUT2D eigenvalue weighted by Crippen LogP contribution is -2.40. The molecule has 140 valence electrons. The predicted molar refractivity (Wildman–Crippen MR) is 80.6 cm³/mol. The Bertz CT molecular complexity index is 715. The molecule has 1 aliphatic heterocycles. The molecular formula is C14H17F3N2O5S. The summed E-state index contributed by atoms with van der Waals surface area (Å²) in [5.74, 6) is -0.662. The van der Waals surface area contributed by atoms with Crippen molar-refractivity contribution in [2.75, 3.05) is 19.6 Å². The molecule has 0 aliphatic carbocycles. The quantitative estimate of drug-likeness (QED) is 0.814. The van der Waals surface area contributed by atoms with Crippen LogP contribution in [0.1, 0.15) is 12.8 Å². The van der Waals surface area contributed by atoms with Gasteiger partial charge < -0.3 is 14.7 Å². The second-order valence-electron chi connectivity index (χ2n) is 5.59. The average Bonchev–Trinajstić information content (AvgIpc) is 2.52. The van der Waals surface area contributed by atoms with Crippen molar-refractivity contribution in [1.82, 2.24) is 9.62 Å². The third-order valence-corrected chi connectivity index (χ3v) is 5.22. The molecule has 0 spiro atoms. The van der Waals surface area contributed by atoms with Gasteiger partial charge in [0.25, 0.3) is 0 Å². The van der Waals surface area contributed by atoms with E-state index >= 15 is 0 Å². The summed E-state index contributed by atoms with van der Waals surface area (Å²) in [4.78, 5) is 11.7. The molecule has 7 nitrogen and oxygen atoms in total. The molecule has 1 aromatic rings. The zero-order chi connectivity index (χ0) is 18.7. The number of hydrogen-bond donors (Lipinski definition) is 2. The number of sulfonamides is 1. The van der Waals surface area contributed by atoms with Gasteiger partial charge in [0.05, 0.1) is 4.90 Å². The van der Waals surface area contributed by atoms with Crippen LogP contribution in [0.5, 0.6) is 5.75 Å². The van der Waals surface area contributed by atoms with E-state index in [1.165, 1.54) is 11.0 Å². The number of benzene rings is 1.